The second-order valence-corrected chi connectivity index (χ2v) is 5.88. The first kappa shape index (κ1) is 16.2. The Morgan fingerprint density at radius 3 is 1.54 bits per heavy atom. The molecule has 0 aliphatic rings. The summed E-state index contributed by atoms with van der Waals surface area (Å²) in [5.41, 5.74) is 3.88. The lowest BCUT2D eigenvalue weighted by Crippen LogP contribution is -2.21. The minimum absolute atomic E-state index is 0.146. The molecule has 0 atom stereocenters. The number of hydrogen-bond donors (Lipinski definition) is 0. The van der Waals surface area contributed by atoms with E-state index in [4.69, 9.17) is 4.74 Å². The van der Waals surface area contributed by atoms with Crippen LogP contribution in [0.1, 0.15) is 16.7 Å². The number of alkyl halides is 2. The topological polar surface area (TPSA) is 9.23 Å². The van der Waals surface area contributed by atoms with Gasteiger partial charge >= 0.3 is 6.11 Å². The lowest BCUT2D eigenvalue weighted by Gasteiger charge is -2.18. The molecule has 0 heterocycles. The van der Waals surface area contributed by atoms with Gasteiger partial charge in [-0.05, 0) is 49.2 Å². The van der Waals surface area contributed by atoms with Crippen molar-refractivity contribution in [3.05, 3.63) is 89.5 Å². The zero-order valence-corrected chi connectivity index (χ0v) is 13.6. The van der Waals surface area contributed by atoms with Crippen LogP contribution in [0.5, 0.6) is 5.75 Å². The zero-order chi connectivity index (χ0) is 17.2. The Kier molecular flexibility index (Phi) is 4.34. The van der Waals surface area contributed by atoms with Crippen LogP contribution in [0.4, 0.5) is 8.78 Å². The first-order chi connectivity index (χ1) is 11.4. The average molecular weight is 324 g/mol. The fourth-order valence-corrected chi connectivity index (χ4v) is 2.42. The number of halogens is 2. The first-order valence-electron chi connectivity index (χ1n) is 7.75. The number of ether oxygens (including phenoxy) is 1. The molecule has 0 aromatic heterocycles. The standard InChI is InChI=1S/C21H18F2O/c1-15-3-7-17(8-4-15)18-9-11-19(12-10-18)21(22,23)24-20-13-5-16(2)6-14-20/h3-14H,1-2H3. The van der Waals surface area contributed by atoms with Crippen molar-refractivity contribution < 1.29 is 13.5 Å². The van der Waals surface area contributed by atoms with Gasteiger partial charge in [0.25, 0.3) is 0 Å². The molecule has 3 rings (SSSR count). The highest BCUT2D eigenvalue weighted by Gasteiger charge is 2.34. The summed E-state index contributed by atoms with van der Waals surface area (Å²) in [6.07, 6.45) is -3.37. The Balaban J connectivity index is 1.80. The molecule has 0 amide bonds. The fraction of sp³-hybridized carbons (Fsp3) is 0.143. The van der Waals surface area contributed by atoms with Gasteiger partial charge in [-0.1, -0.05) is 59.7 Å². The van der Waals surface area contributed by atoms with Crippen molar-refractivity contribution in [2.45, 2.75) is 20.0 Å². The van der Waals surface area contributed by atoms with E-state index in [1.807, 2.05) is 38.1 Å². The van der Waals surface area contributed by atoms with Gasteiger partial charge in [-0.3, -0.25) is 0 Å². The van der Waals surface area contributed by atoms with Gasteiger partial charge in [-0.15, -0.1) is 0 Å². The second kappa shape index (κ2) is 6.44. The van der Waals surface area contributed by atoms with Crippen molar-refractivity contribution in [3.63, 3.8) is 0 Å². The van der Waals surface area contributed by atoms with Crippen LogP contribution in [-0.2, 0) is 6.11 Å². The van der Waals surface area contributed by atoms with Crippen LogP contribution in [0.15, 0.2) is 72.8 Å². The Bertz CT molecular complexity index is 804. The SMILES string of the molecule is Cc1ccc(OC(F)(F)c2ccc(-c3ccc(C)cc3)cc2)cc1. The molecule has 0 fully saturated rings. The third-order valence-corrected chi connectivity index (χ3v) is 3.87. The van der Waals surface area contributed by atoms with Crippen LogP contribution in [-0.4, -0.2) is 0 Å². The monoisotopic (exact) mass is 324 g/mol. The van der Waals surface area contributed by atoms with Crippen molar-refractivity contribution in [2.75, 3.05) is 0 Å². The molecule has 1 nitrogen and oxygen atoms in total. The number of rotatable bonds is 4. The lowest BCUT2D eigenvalue weighted by molar-refractivity contribution is -0.185. The summed E-state index contributed by atoms with van der Waals surface area (Å²) in [7, 11) is 0. The number of hydrogen-bond acceptors (Lipinski definition) is 1. The molecule has 3 heteroatoms. The molecular formula is C21H18F2O. The Morgan fingerprint density at radius 1 is 0.625 bits per heavy atom. The smallest absolute Gasteiger partial charge is 0.426 e. The van der Waals surface area contributed by atoms with Crippen LogP contribution in [0, 0.1) is 13.8 Å². The average Bonchev–Trinajstić information content (AvgIpc) is 2.58. The molecule has 0 aliphatic heterocycles. The molecule has 24 heavy (non-hydrogen) atoms. The highest BCUT2D eigenvalue weighted by molar-refractivity contribution is 5.64. The summed E-state index contributed by atoms with van der Waals surface area (Å²) < 4.78 is 33.5. The molecule has 122 valence electrons. The van der Waals surface area contributed by atoms with Gasteiger partial charge in [0.2, 0.25) is 0 Å². The Morgan fingerprint density at radius 2 is 1.04 bits per heavy atom. The van der Waals surface area contributed by atoms with Gasteiger partial charge in [0.15, 0.2) is 0 Å². The highest BCUT2D eigenvalue weighted by Crippen LogP contribution is 2.33. The first-order valence-corrected chi connectivity index (χ1v) is 7.75. The van der Waals surface area contributed by atoms with E-state index < -0.39 is 6.11 Å². The minimum Gasteiger partial charge on any atom is -0.429 e. The fourth-order valence-electron chi connectivity index (χ4n) is 2.42. The van der Waals surface area contributed by atoms with Crippen LogP contribution < -0.4 is 4.74 Å². The van der Waals surface area contributed by atoms with Crippen LogP contribution in [0.3, 0.4) is 0 Å². The molecule has 0 saturated heterocycles. The quantitative estimate of drug-likeness (QED) is 0.563. The minimum atomic E-state index is -3.37. The van der Waals surface area contributed by atoms with Crippen molar-refractivity contribution >= 4 is 0 Å². The molecule has 0 N–H and O–H groups in total. The second-order valence-electron chi connectivity index (χ2n) is 5.88. The van der Waals surface area contributed by atoms with Crippen LogP contribution in [0.25, 0.3) is 11.1 Å². The predicted octanol–water partition coefficient (Wildman–Crippen LogP) is 6.10. The summed E-state index contributed by atoms with van der Waals surface area (Å²) in [6, 6.07) is 20.7. The maximum atomic E-state index is 14.3. The normalized spacial score (nSPS) is 11.3. The summed E-state index contributed by atoms with van der Waals surface area (Å²) in [5, 5.41) is 0. The summed E-state index contributed by atoms with van der Waals surface area (Å²) in [5.74, 6) is 0.146. The summed E-state index contributed by atoms with van der Waals surface area (Å²) >= 11 is 0. The lowest BCUT2D eigenvalue weighted by atomic mass is 10.0. The van der Waals surface area contributed by atoms with E-state index in [9.17, 15) is 8.78 Å². The maximum Gasteiger partial charge on any atom is 0.426 e. The van der Waals surface area contributed by atoms with Gasteiger partial charge in [-0.25, -0.2) is 0 Å². The summed E-state index contributed by atoms with van der Waals surface area (Å²) in [4.78, 5) is 0. The van der Waals surface area contributed by atoms with E-state index in [-0.39, 0.29) is 11.3 Å². The van der Waals surface area contributed by atoms with Gasteiger partial charge in [0.1, 0.15) is 5.75 Å². The summed E-state index contributed by atoms with van der Waals surface area (Å²) in [6.45, 7) is 3.90. The van der Waals surface area contributed by atoms with E-state index in [0.29, 0.717) is 0 Å². The van der Waals surface area contributed by atoms with E-state index in [0.717, 1.165) is 22.3 Å². The van der Waals surface area contributed by atoms with Crippen LogP contribution >= 0.6 is 0 Å². The van der Waals surface area contributed by atoms with Gasteiger partial charge in [0.05, 0.1) is 5.56 Å². The predicted molar refractivity (Wildman–Crippen MR) is 92.3 cm³/mol. The number of aryl methyl sites for hydroxylation is 2. The van der Waals surface area contributed by atoms with Crippen molar-refractivity contribution in [3.8, 4) is 16.9 Å². The van der Waals surface area contributed by atoms with Crippen molar-refractivity contribution in [2.24, 2.45) is 0 Å². The van der Waals surface area contributed by atoms with Gasteiger partial charge < -0.3 is 4.74 Å². The third-order valence-electron chi connectivity index (χ3n) is 3.87. The van der Waals surface area contributed by atoms with Gasteiger partial charge in [0, 0.05) is 0 Å². The van der Waals surface area contributed by atoms with Crippen molar-refractivity contribution in [1.29, 1.82) is 0 Å². The number of benzene rings is 3. The maximum absolute atomic E-state index is 14.3. The molecule has 0 aliphatic carbocycles. The Labute approximate surface area is 140 Å². The van der Waals surface area contributed by atoms with Gasteiger partial charge in [-0.2, -0.15) is 8.78 Å². The molecule has 0 spiro atoms. The molecule has 0 bridgehead atoms. The molecule has 0 radical (unpaired) electrons. The largest absolute Gasteiger partial charge is 0.429 e. The zero-order valence-electron chi connectivity index (χ0n) is 13.6. The van der Waals surface area contributed by atoms with Crippen molar-refractivity contribution in [1.82, 2.24) is 0 Å². The molecular weight excluding hydrogens is 306 g/mol. The molecule has 3 aromatic carbocycles. The Hall–Kier alpha value is -2.68. The molecule has 0 unspecified atom stereocenters. The van der Waals surface area contributed by atoms with Crippen LogP contribution in [0.2, 0.25) is 0 Å². The third kappa shape index (κ3) is 3.62. The molecule has 0 saturated carbocycles. The highest BCUT2D eigenvalue weighted by atomic mass is 19.3. The van der Waals surface area contributed by atoms with E-state index in [1.54, 1.807) is 36.4 Å². The van der Waals surface area contributed by atoms with E-state index >= 15 is 0 Å². The van der Waals surface area contributed by atoms with E-state index in [2.05, 4.69) is 0 Å². The molecule has 3 aromatic rings. The van der Waals surface area contributed by atoms with E-state index in [1.165, 1.54) is 12.1 Å².